The van der Waals surface area contributed by atoms with Gasteiger partial charge in [-0.3, -0.25) is 0 Å². The lowest BCUT2D eigenvalue weighted by molar-refractivity contribution is 1.32. The van der Waals surface area contributed by atoms with Crippen molar-refractivity contribution < 1.29 is 0 Å². The number of nitrogens with zero attached hydrogens (tertiary/aromatic N) is 4. The van der Waals surface area contributed by atoms with Crippen LogP contribution in [0.2, 0.25) is 0 Å². The number of hydrogen-bond donors (Lipinski definition) is 0. The number of benzene rings is 22. The van der Waals surface area contributed by atoms with Crippen molar-refractivity contribution in [3.05, 3.63) is 437 Å². The summed E-state index contributed by atoms with van der Waals surface area (Å²) in [4.78, 5) is 9.95. The van der Waals surface area contributed by atoms with Gasteiger partial charge in [-0.25, -0.2) is 0 Å². The molecule has 124 heavy (non-hydrogen) atoms. The molecule has 8 heteroatoms. The van der Waals surface area contributed by atoms with Crippen molar-refractivity contribution in [3.63, 3.8) is 0 Å². The molecule has 0 unspecified atom stereocenters. The first-order valence-corrected chi connectivity index (χ1v) is 45.4. The summed E-state index contributed by atoms with van der Waals surface area (Å²) in [6.45, 7) is 0. The molecule has 26 rings (SSSR count). The van der Waals surface area contributed by atoms with Crippen LogP contribution < -0.4 is 19.6 Å². The maximum atomic E-state index is 2.50. The summed E-state index contributed by atoms with van der Waals surface area (Å²) in [5.41, 5.74) is 18.7. The van der Waals surface area contributed by atoms with Gasteiger partial charge in [0.2, 0.25) is 0 Å². The summed E-state index contributed by atoms with van der Waals surface area (Å²) in [7, 11) is 0. The van der Waals surface area contributed by atoms with E-state index in [1.54, 1.807) is 0 Å². The zero-order valence-electron chi connectivity index (χ0n) is 67.0. The Morgan fingerprint density at radius 3 is 0.605 bits per heavy atom. The normalized spacial score (nSPS) is 11.9. The van der Waals surface area contributed by atoms with Crippen LogP contribution >= 0.6 is 45.3 Å². The number of fused-ring (bicyclic) bond motifs is 12. The minimum atomic E-state index is 1.12. The van der Waals surface area contributed by atoms with Gasteiger partial charge >= 0.3 is 0 Å². The third-order valence-electron chi connectivity index (χ3n) is 25.2. The van der Waals surface area contributed by atoms with Crippen molar-refractivity contribution in [2.24, 2.45) is 0 Å². The van der Waals surface area contributed by atoms with Crippen molar-refractivity contribution in [3.8, 4) is 22.3 Å². The molecule has 4 heterocycles. The molecule has 0 aliphatic rings. The van der Waals surface area contributed by atoms with Crippen LogP contribution in [0, 0.1) is 0 Å². The average Bonchev–Trinajstić information content (AvgIpc) is 0.879. The largest absolute Gasteiger partial charge is 0.308 e. The Kier molecular flexibility index (Phi) is 17.1. The van der Waals surface area contributed by atoms with Crippen LogP contribution in [0.25, 0.3) is 168 Å². The van der Waals surface area contributed by atoms with Crippen LogP contribution in [0.5, 0.6) is 0 Å². The minimum absolute atomic E-state index is 1.12. The second kappa shape index (κ2) is 29.4. The number of hydrogen-bond acceptors (Lipinski definition) is 8. The number of rotatable bonds is 14. The molecular formula is C116H72N4S4. The highest BCUT2D eigenvalue weighted by molar-refractivity contribution is 7.27. The van der Waals surface area contributed by atoms with Gasteiger partial charge in [0.1, 0.15) is 0 Å². The van der Waals surface area contributed by atoms with Gasteiger partial charge in [0.25, 0.3) is 0 Å². The van der Waals surface area contributed by atoms with E-state index in [0.717, 1.165) is 34.1 Å². The molecule has 0 fully saturated rings. The maximum Gasteiger partial charge on any atom is 0.0640 e. The topological polar surface area (TPSA) is 13.0 Å². The molecule has 0 spiro atoms. The van der Waals surface area contributed by atoms with E-state index in [0.29, 0.717) is 0 Å². The van der Waals surface area contributed by atoms with Gasteiger partial charge in [-0.05, 0) is 187 Å². The van der Waals surface area contributed by atoms with Crippen LogP contribution in [-0.4, -0.2) is 0 Å². The minimum Gasteiger partial charge on any atom is -0.308 e. The van der Waals surface area contributed by atoms with E-state index in [1.807, 2.05) is 45.3 Å². The van der Waals surface area contributed by atoms with E-state index in [-0.39, 0.29) is 0 Å². The molecule has 26 aromatic rings. The van der Waals surface area contributed by atoms with Gasteiger partial charge in [0.05, 0.1) is 64.3 Å². The van der Waals surface area contributed by atoms with Crippen LogP contribution in [-0.2, 0) is 0 Å². The molecule has 0 saturated heterocycles. The third-order valence-corrected chi connectivity index (χ3v) is 30.0. The standard InChI is InChI=1S/C64H40N2S2.C52H32N2S2/c1-3-13-41(14-4-1)43-25-33-47(34-26-43)65(57-21-11-19-51-49-17-7-9-23-59(49)67-63(51)57)55-39-31-45-30-38-54-56(40-32-46-29-37-53(55)61(45)62(46)54)66(48-35-27-44(28-36-48)42-15-5-2-6-16-42)58-22-12-20-52-50-18-8-10-24-60(50)68-64(52)58;1-3-13-35(14-4-1)53(45-21-11-19-39-37-17-7-9-23-47(37)55-51(39)45)43-31-27-33-26-30-42-44(32-28-34-25-29-41(43)49(33)50(34)42)54(36-15-5-2-6-16-36)46-22-12-20-40-38-18-8-10-24-48(38)56-52(40)46/h1-40H;1-32H. The van der Waals surface area contributed by atoms with Gasteiger partial charge < -0.3 is 19.6 Å². The number of thiophene rings is 4. The first kappa shape index (κ1) is 71.9. The van der Waals surface area contributed by atoms with Crippen molar-refractivity contribution >= 4 is 259 Å². The molecule has 0 bridgehead atoms. The van der Waals surface area contributed by atoms with Gasteiger partial charge in [0.15, 0.2) is 0 Å². The van der Waals surface area contributed by atoms with Gasteiger partial charge in [-0.15, -0.1) is 45.3 Å². The maximum absolute atomic E-state index is 2.50. The highest BCUT2D eigenvalue weighted by Crippen LogP contribution is 2.56. The van der Waals surface area contributed by atoms with Gasteiger partial charge in [0, 0.05) is 106 Å². The lowest BCUT2D eigenvalue weighted by atomic mass is 9.91. The molecule has 4 aromatic heterocycles. The summed E-state index contributed by atoms with van der Waals surface area (Å²) >= 11 is 7.50. The molecule has 22 aromatic carbocycles. The number of anilines is 12. The van der Waals surface area contributed by atoms with Crippen LogP contribution in [0.4, 0.5) is 68.2 Å². The van der Waals surface area contributed by atoms with Crippen LogP contribution in [0.1, 0.15) is 0 Å². The molecular weight excluding hydrogens is 1580 g/mol. The molecule has 0 aliphatic heterocycles. The Morgan fingerprint density at radius 1 is 0.129 bits per heavy atom. The molecule has 4 nitrogen and oxygen atoms in total. The van der Waals surface area contributed by atoms with E-state index in [2.05, 4.69) is 456 Å². The Hall–Kier alpha value is -15.0. The first-order valence-electron chi connectivity index (χ1n) is 42.2. The fourth-order valence-electron chi connectivity index (χ4n) is 19.6. The van der Waals surface area contributed by atoms with E-state index in [1.165, 1.54) is 202 Å². The highest BCUT2D eigenvalue weighted by Gasteiger charge is 2.29. The molecule has 580 valence electrons. The van der Waals surface area contributed by atoms with E-state index in [9.17, 15) is 0 Å². The third kappa shape index (κ3) is 11.7. The summed E-state index contributed by atoms with van der Waals surface area (Å²) in [5.74, 6) is 0. The summed E-state index contributed by atoms with van der Waals surface area (Å²) in [6.07, 6.45) is 0. The Balaban J connectivity index is 0.000000138. The zero-order valence-corrected chi connectivity index (χ0v) is 70.3. The number of para-hydroxylation sites is 2. The second-order valence-corrected chi connectivity index (χ2v) is 36.2. The van der Waals surface area contributed by atoms with Crippen molar-refractivity contribution in [1.82, 2.24) is 0 Å². The lowest BCUT2D eigenvalue weighted by Crippen LogP contribution is -2.11. The van der Waals surface area contributed by atoms with E-state index in [4.69, 9.17) is 0 Å². The SMILES string of the molecule is c1ccc(-c2ccc(N(c3ccc4ccc5c(N(c6ccc(-c7ccccc7)cc6)c6cccc7c6sc6ccccc67)ccc6ccc3c4c65)c3cccc4c3sc3ccccc34)cc2)cc1.c1ccc(N(c2ccc3ccc4c(N(c5ccccc5)c5cccc6c5sc5ccccc56)ccc5ccc2c3c54)c2cccc3c2sc2ccccc23)cc1. The molecule has 0 radical (unpaired) electrons. The summed E-state index contributed by atoms with van der Waals surface area (Å²) in [5, 5.41) is 25.3. The van der Waals surface area contributed by atoms with Crippen molar-refractivity contribution in [2.75, 3.05) is 19.6 Å². The lowest BCUT2D eigenvalue weighted by Gasteiger charge is -2.30. The van der Waals surface area contributed by atoms with Crippen LogP contribution in [0.3, 0.4) is 0 Å². The Morgan fingerprint density at radius 2 is 0.339 bits per heavy atom. The molecule has 0 saturated carbocycles. The fraction of sp³-hybridized carbons (Fsp3) is 0. The predicted octanol–water partition coefficient (Wildman–Crippen LogP) is 35.9. The molecule has 0 N–H and O–H groups in total. The quantitative estimate of drug-likeness (QED) is 0.101. The molecule has 0 atom stereocenters. The monoisotopic (exact) mass is 1650 g/mol. The molecule has 0 aliphatic carbocycles. The predicted molar refractivity (Wildman–Crippen MR) is 541 cm³/mol. The Bertz CT molecular complexity index is 8130. The Labute approximate surface area is 731 Å². The van der Waals surface area contributed by atoms with Crippen molar-refractivity contribution in [1.29, 1.82) is 0 Å². The molecule has 0 amide bonds. The second-order valence-electron chi connectivity index (χ2n) is 32.0. The van der Waals surface area contributed by atoms with Gasteiger partial charge in [-0.2, -0.15) is 0 Å². The summed E-state index contributed by atoms with van der Waals surface area (Å²) in [6, 6.07) is 161. The smallest absolute Gasteiger partial charge is 0.0640 e. The van der Waals surface area contributed by atoms with Gasteiger partial charge in [-0.1, -0.05) is 315 Å². The van der Waals surface area contributed by atoms with Crippen molar-refractivity contribution in [2.45, 2.75) is 0 Å². The average molecular weight is 1650 g/mol. The van der Waals surface area contributed by atoms with E-state index < -0.39 is 0 Å². The first-order chi connectivity index (χ1) is 61.5. The highest BCUT2D eigenvalue weighted by atomic mass is 32.1. The van der Waals surface area contributed by atoms with Crippen LogP contribution in [0.15, 0.2) is 437 Å². The van der Waals surface area contributed by atoms with E-state index >= 15 is 0 Å². The zero-order chi connectivity index (χ0) is 81.5. The fourth-order valence-corrected chi connectivity index (χ4v) is 24.4. The summed E-state index contributed by atoms with van der Waals surface area (Å²) < 4.78 is 10.3.